The van der Waals surface area contributed by atoms with Crippen LogP contribution in [0.3, 0.4) is 0 Å². The van der Waals surface area contributed by atoms with Gasteiger partial charge in [0, 0.05) is 12.5 Å². The van der Waals surface area contributed by atoms with Crippen molar-refractivity contribution >= 4 is 0 Å². The molecule has 2 unspecified atom stereocenters. The number of hydrogen-bond acceptors (Lipinski definition) is 2. The van der Waals surface area contributed by atoms with Gasteiger partial charge in [0.2, 0.25) is 0 Å². The molecular weight excluding hydrogens is 198 g/mol. The van der Waals surface area contributed by atoms with Crippen LogP contribution in [-0.2, 0) is 0 Å². The van der Waals surface area contributed by atoms with Gasteiger partial charge in [0.25, 0.3) is 0 Å². The first kappa shape index (κ1) is 11.5. The maximum atomic E-state index is 6.06. The van der Waals surface area contributed by atoms with E-state index in [1.807, 2.05) is 0 Å². The zero-order valence-electron chi connectivity index (χ0n) is 10.2. The van der Waals surface area contributed by atoms with Crippen molar-refractivity contribution in [3.05, 3.63) is 29.8 Å². The van der Waals surface area contributed by atoms with Crippen LogP contribution in [0.15, 0.2) is 24.3 Å². The van der Waals surface area contributed by atoms with Gasteiger partial charge in [0.15, 0.2) is 0 Å². The monoisotopic (exact) mass is 219 g/mol. The van der Waals surface area contributed by atoms with Gasteiger partial charge in [-0.05, 0) is 38.4 Å². The normalized spacial score (nSPS) is 22.0. The molecule has 0 bridgehead atoms. The minimum absolute atomic E-state index is 0.359. The molecule has 1 aromatic rings. The quantitative estimate of drug-likeness (QED) is 0.840. The number of rotatable bonds is 4. The number of ether oxygens (including phenoxy) is 1. The van der Waals surface area contributed by atoms with Gasteiger partial charge in [-0.3, -0.25) is 0 Å². The fraction of sp³-hybridized carbons (Fsp3) is 0.571. The van der Waals surface area contributed by atoms with Crippen LogP contribution in [0.5, 0.6) is 5.75 Å². The molecule has 2 nitrogen and oxygen atoms in total. The van der Waals surface area contributed by atoms with E-state index in [0.717, 1.165) is 25.3 Å². The van der Waals surface area contributed by atoms with E-state index in [1.54, 1.807) is 0 Å². The molecular formula is C14H21NO. The molecule has 1 heterocycles. The molecule has 2 rings (SSSR count). The van der Waals surface area contributed by atoms with Crippen LogP contribution < -0.4 is 10.1 Å². The summed E-state index contributed by atoms with van der Waals surface area (Å²) in [6, 6.07) is 8.35. The molecule has 16 heavy (non-hydrogen) atoms. The second-order valence-corrected chi connectivity index (χ2v) is 4.63. The minimum atomic E-state index is 0.359. The number of hydrogen-bond donors (Lipinski definition) is 1. The summed E-state index contributed by atoms with van der Waals surface area (Å²) >= 11 is 0. The first-order chi connectivity index (χ1) is 7.79. The Bertz CT molecular complexity index is 314. The molecule has 2 heteroatoms. The van der Waals surface area contributed by atoms with Crippen molar-refractivity contribution in [2.45, 2.75) is 32.8 Å². The van der Waals surface area contributed by atoms with Crippen molar-refractivity contribution in [3.63, 3.8) is 0 Å². The van der Waals surface area contributed by atoms with Crippen LogP contribution in [0, 0.1) is 12.8 Å². The molecule has 1 aliphatic heterocycles. The summed E-state index contributed by atoms with van der Waals surface area (Å²) in [5, 5.41) is 3.40. The van der Waals surface area contributed by atoms with Crippen molar-refractivity contribution in [3.8, 4) is 5.75 Å². The highest BCUT2D eigenvalue weighted by Crippen LogP contribution is 2.22. The molecule has 0 saturated carbocycles. The summed E-state index contributed by atoms with van der Waals surface area (Å²) in [5.74, 6) is 1.68. The van der Waals surface area contributed by atoms with Gasteiger partial charge < -0.3 is 10.1 Å². The fourth-order valence-corrected chi connectivity index (χ4v) is 2.30. The lowest BCUT2D eigenvalue weighted by molar-refractivity contribution is 0.138. The van der Waals surface area contributed by atoms with E-state index < -0.39 is 0 Å². The lowest BCUT2D eigenvalue weighted by Crippen LogP contribution is -2.28. The molecule has 0 amide bonds. The zero-order valence-corrected chi connectivity index (χ0v) is 10.2. The SMILES string of the molecule is CCC(Oc1ccc(C)cc1)C1CCNC1. The highest BCUT2D eigenvalue weighted by atomic mass is 16.5. The van der Waals surface area contributed by atoms with E-state index in [4.69, 9.17) is 4.74 Å². The van der Waals surface area contributed by atoms with Crippen LogP contribution in [0.25, 0.3) is 0 Å². The fourth-order valence-electron chi connectivity index (χ4n) is 2.30. The summed E-state index contributed by atoms with van der Waals surface area (Å²) in [6.07, 6.45) is 2.68. The summed E-state index contributed by atoms with van der Waals surface area (Å²) in [5.41, 5.74) is 1.28. The van der Waals surface area contributed by atoms with E-state index in [1.165, 1.54) is 12.0 Å². The first-order valence-electron chi connectivity index (χ1n) is 6.23. The molecule has 0 radical (unpaired) electrons. The van der Waals surface area contributed by atoms with Crippen LogP contribution in [0.2, 0.25) is 0 Å². The zero-order chi connectivity index (χ0) is 11.4. The van der Waals surface area contributed by atoms with E-state index in [0.29, 0.717) is 12.0 Å². The minimum Gasteiger partial charge on any atom is -0.490 e. The number of nitrogens with one attached hydrogen (secondary N) is 1. The van der Waals surface area contributed by atoms with Gasteiger partial charge in [-0.1, -0.05) is 24.6 Å². The van der Waals surface area contributed by atoms with E-state index in [2.05, 4.69) is 43.4 Å². The molecule has 0 aromatic heterocycles. The summed E-state index contributed by atoms with van der Waals surface area (Å²) < 4.78 is 6.06. The van der Waals surface area contributed by atoms with Crippen LogP contribution in [-0.4, -0.2) is 19.2 Å². The van der Waals surface area contributed by atoms with Gasteiger partial charge in [-0.25, -0.2) is 0 Å². The van der Waals surface area contributed by atoms with Crippen molar-refractivity contribution in [2.24, 2.45) is 5.92 Å². The smallest absolute Gasteiger partial charge is 0.119 e. The Hall–Kier alpha value is -1.02. The van der Waals surface area contributed by atoms with Crippen molar-refractivity contribution in [1.82, 2.24) is 5.32 Å². The Morgan fingerprint density at radius 3 is 2.69 bits per heavy atom. The Morgan fingerprint density at radius 2 is 2.12 bits per heavy atom. The third-order valence-electron chi connectivity index (χ3n) is 3.34. The average Bonchev–Trinajstić information content (AvgIpc) is 2.82. The summed E-state index contributed by atoms with van der Waals surface area (Å²) in [4.78, 5) is 0. The molecule has 1 saturated heterocycles. The van der Waals surface area contributed by atoms with Crippen molar-refractivity contribution in [2.75, 3.05) is 13.1 Å². The Labute approximate surface area is 98.0 Å². The third-order valence-corrected chi connectivity index (χ3v) is 3.34. The average molecular weight is 219 g/mol. The predicted octanol–water partition coefficient (Wildman–Crippen LogP) is 2.76. The molecule has 1 aliphatic rings. The van der Waals surface area contributed by atoms with Crippen molar-refractivity contribution in [1.29, 1.82) is 0 Å². The molecule has 1 fully saturated rings. The lowest BCUT2D eigenvalue weighted by Gasteiger charge is -2.23. The summed E-state index contributed by atoms with van der Waals surface area (Å²) in [7, 11) is 0. The van der Waals surface area contributed by atoms with Crippen LogP contribution >= 0.6 is 0 Å². The van der Waals surface area contributed by atoms with Gasteiger partial charge in [-0.15, -0.1) is 0 Å². The van der Waals surface area contributed by atoms with Gasteiger partial charge >= 0.3 is 0 Å². The largest absolute Gasteiger partial charge is 0.490 e. The van der Waals surface area contributed by atoms with Gasteiger partial charge in [-0.2, -0.15) is 0 Å². The molecule has 1 aromatic carbocycles. The Morgan fingerprint density at radius 1 is 1.38 bits per heavy atom. The van der Waals surface area contributed by atoms with Crippen LogP contribution in [0.1, 0.15) is 25.3 Å². The van der Waals surface area contributed by atoms with E-state index >= 15 is 0 Å². The maximum absolute atomic E-state index is 6.06. The molecule has 2 atom stereocenters. The van der Waals surface area contributed by atoms with E-state index in [-0.39, 0.29) is 0 Å². The molecule has 1 N–H and O–H groups in total. The second-order valence-electron chi connectivity index (χ2n) is 4.63. The van der Waals surface area contributed by atoms with Crippen LogP contribution in [0.4, 0.5) is 0 Å². The predicted molar refractivity (Wildman–Crippen MR) is 66.9 cm³/mol. The highest BCUT2D eigenvalue weighted by Gasteiger charge is 2.24. The Kier molecular flexibility index (Phi) is 3.83. The van der Waals surface area contributed by atoms with E-state index in [9.17, 15) is 0 Å². The number of aryl methyl sites for hydroxylation is 1. The first-order valence-corrected chi connectivity index (χ1v) is 6.23. The molecule has 0 aliphatic carbocycles. The van der Waals surface area contributed by atoms with Gasteiger partial charge in [0.1, 0.15) is 11.9 Å². The van der Waals surface area contributed by atoms with Gasteiger partial charge in [0.05, 0.1) is 0 Å². The molecule has 0 spiro atoms. The lowest BCUT2D eigenvalue weighted by atomic mass is 9.99. The topological polar surface area (TPSA) is 21.3 Å². The van der Waals surface area contributed by atoms with Crippen molar-refractivity contribution < 1.29 is 4.74 Å². The maximum Gasteiger partial charge on any atom is 0.119 e. The standard InChI is InChI=1S/C14H21NO/c1-3-14(12-8-9-15-10-12)16-13-6-4-11(2)5-7-13/h4-7,12,14-15H,3,8-10H2,1-2H3. The molecule has 88 valence electrons. The number of benzene rings is 1. The Balaban J connectivity index is 1.97. The third kappa shape index (κ3) is 2.76. The second kappa shape index (κ2) is 5.35. The summed E-state index contributed by atoms with van der Waals surface area (Å²) in [6.45, 7) is 6.54. The highest BCUT2D eigenvalue weighted by molar-refractivity contribution is 5.26.